The van der Waals surface area contributed by atoms with Gasteiger partial charge in [-0.25, -0.2) is 4.79 Å². The number of nitrogens with zero attached hydrogens (tertiary/aromatic N) is 1. The van der Waals surface area contributed by atoms with E-state index < -0.39 is 6.09 Å². The van der Waals surface area contributed by atoms with Gasteiger partial charge in [-0.2, -0.15) is 0 Å². The third-order valence-electron chi connectivity index (χ3n) is 5.15. The normalized spacial score (nSPS) is 15.7. The fourth-order valence-electron chi connectivity index (χ4n) is 3.64. The van der Waals surface area contributed by atoms with Gasteiger partial charge in [-0.15, -0.1) is 0 Å². The van der Waals surface area contributed by atoms with Crippen LogP contribution in [0.25, 0.3) is 0 Å². The number of rotatable bonds is 4. The lowest BCUT2D eigenvalue weighted by Gasteiger charge is -2.36. The predicted molar refractivity (Wildman–Crippen MR) is 110 cm³/mol. The van der Waals surface area contributed by atoms with E-state index in [2.05, 4.69) is 10.1 Å². The third kappa shape index (κ3) is 4.26. The van der Waals surface area contributed by atoms with E-state index in [1.807, 2.05) is 30.0 Å². The molecule has 1 aliphatic heterocycles. The number of hydrogen-bond donors (Lipinski definition) is 1. The molecule has 0 saturated heterocycles. The molecule has 1 unspecified atom stereocenters. The van der Waals surface area contributed by atoms with Gasteiger partial charge >= 0.3 is 6.09 Å². The molecular formula is C21H22Cl2N2O3. The van der Waals surface area contributed by atoms with E-state index in [-0.39, 0.29) is 18.4 Å². The topological polar surface area (TPSA) is 58.6 Å². The van der Waals surface area contributed by atoms with Gasteiger partial charge in [-0.1, -0.05) is 47.5 Å². The highest BCUT2D eigenvalue weighted by Gasteiger charge is 2.29. The Morgan fingerprint density at radius 2 is 1.86 bits per heavy atom. The highest BCUT2D eigenvalue weighted by molar-refractivity contribution is 6.36. The molecule has 1 aliphatic rings. The van der Waals surface area contributed by atoms with Crippen LogP contribution in [0.2, 0.25) is 10.0 Å². The quantitative estimate of drug-likeness (QED) is 0.789. The van der Waals surface area contributed by atoms with Crippen molar-refractivity contribution >= 4 is 35.2 Å². The van der Waals surface area contributed by atoms with Gasteiger partial charge < -0.3 is 15.0 Å². The average molecular weight is 421 g/mol. The van der Waals surface area contributed by atoms with Crippen molar-refractivity contribution in [2.24, 2.45) is 0 Å². The number of carbonyl (C=O) groups is 2. The van der Waals surface area contributed by atoms with Crippen molar-refractivity contribution in [3.8, 4) is 0 Å². The second-order valence-electron chi connectivity index (χ2n) is 6.72. The molecule has 0 bridgehead atoms. The van der Waals surface area contributed by atoms with Crippen LogP contribution in [0.15, 0.2) is 36.4 Å². The second kappa shape index (κ2) is 8.84. The van der Waals surface area contributed by atoms with E-state index in [1.54, 1.807) is 18.2 Å². The minimum absolute atomic E-state index is 0.00811. The molecule has 0 saturated carbocycles. The molecule has 1 heterocycles. The fraction of sp³-hybridized carbons (Fsp3) is 0.333. The zero-order valence-electron chi connectivity index (χ0n) is 15.8. The van der Waals surface area contributed by atoms with Crippen LogP contribution in [0.5, 0.6) is 0 Å². The third-order valence-corrected chi connectivity index (χ3v) is 5.86. The molecule has 5 nitrogen and oxygen atoms in total. The molecule has 1 N–H and O–H groups in total. The molecule has 148 valence electrons. The number of halogens is 2. The Hall–Kier alpha value is -2.24. The Bertz CT molecular complexity index is 881. The zero-order valence-corrected chi connectivity index (χ0v) is 17.3. The average Bonchev–Trinajstić information content (AvgIpc) is 2.69. The molecule has 0 fully saturated rings. The Balaban J connectivity index is 1.78. The first-order chi connectivity index (χ1) is 13.4. The van der Waals surface area contributed by atoms with Crippen LogP contribution >= 0.6 is 23.2 Å². The fourth-order valence-corrected chi connectivity index (χ4v) is 4.18. The minimum Gasteiger partial charge on any atom is -0.453 e. The van der Waals surface area contributed by atoms with Crippen LogP contribution in [-0.2, 0) is 28.9 Å². The number of methoxy groups -OCH3 is 1. The highest BCUT2D eigenvalue weighted by Crippen LogP contribution is 2.33. The zero-order chi connectivity index (χ0) is 20.3. The maximum absolute atomic E-state index is 13.0. The number of nitrogens with one attached hydrogen (secondary N) is 1. The molecule has 28 heavy (non-hydrogen) atoms. The number of amides is 2. The van der Waals surface area contributed by atoms with Crippen molar-refractivity contribution < 1.29 is 14.3 Å². The first-order valence-corrected chi connectivity index (χ1v) is 9.82. The molecule has 2 amide bonds. The van der Waals surface area contributed by atoms with E-state index in [4.69, 9.17) is 23.2 Å². The summed E-state index contributed by atoms with van der Waals surface area (Å²) >= 11 is 12.4. The summed E-state index contributed by atoms with van der Waals surface area (Å²) in [5.41, 5.74) is 3.96. The van der Waals surface area contributed by atoms with Crippen molar-refractivity contribution in [2.75, 3.05) is 13.7 Å². The van der Waals surface area contributed by atoms with E-state index in [1.165, 1.54) is 12.7 Å². The number of fused-ring (bicyclic) bond motifs is 1. The van der Waals surface area contributed by atoms with Gasteiger partial charge in [0.1, 0.15) is 0 Å². The van der Waals surface area contributed by atoms with Crippen LogP contribution in [0.4, 0.5) is 4.79 Å². The predicted octanol–water partition coefficient (Wildman–Crippen LogP) is 4.54. The molecule has 3 rings (SSSR count). The molecule has 1 atom stereocenters. The summed E-state index contributed by atoms with van der Waals surface area (Å²) < 4.78 is 4.64. The van der Waals surface area contributed by atoms with E-state index in [0.717, 1.165) is 17.5 Å². The summed E-state index contributed by atoms with van der Waals surface area (Å²) in [4.78, 5) is 26.2. The van der Waals surface area contributed by atoms with Crippen LogP contribution in [0.3, 0.4) is 0 Å². The molecular weight excluding hydrogens is 399 g/mol. The molecule has 0 radical (unpaired) electrons. The summed E-state index contributed by atoms with van der Waals surface area (Å²) in [6.45, 7) is 3.01. The van der Waals surface area contributed by atoms with E-state index in [0.29, 0.717) is 28.7 Å². The van der Waals surface area contributed by atoms with Gasteiger partial charge in [0, 0.05) is 23.1 Å². The van der Waals surface area contributed by atoms with Gasteiger partial charge in [0.15, 0.2) is 0 Å². The lowest BCUT2D eigenvalue weighted by Crippen LogP contribution is -2.40. The molecule has 2 aromatic rings. The lowest BCUT2D eigenvalue weighted by molar-refractivity contribution is -0.133. The molecule has 0 aliphatic carbocycles. The second-order valence-corrected chi connectivity index (χ2v) is 7.53. The number of benzene rings is 2. The number of hydrogen-bond acceptors (Lipinski definition) is 3. The van der Waals surface area contributed by atoms with E-state index >= 15 is 0 Å². The standard InChI is InChI=1S/C21H22Cl2N2O3/c1-13-15-6-3-5-14(12-24-21(27)28-2)16(15)9-10-25(13)20(26)11-17-18(22)7-4-8-19(17)23/h3-8,13H,9-12H2,1-2H3,(H,24,27). The summed E-state index contributed by atoms with van der Waals surface area (Å²) in [7, 11) is 1.34. The minimum atomic E-state index is -0.463. The van der Waals surface area contributed by atoms with Crippen molar-refractivity contribution in [1.82, 2.24) is 10.2 Å². The van der Waals surface area contributed by atoms with Gasteiger partial charge in [0.05, 0.1) is 19.6 Å². The number of alkyl carbamates (subject to hydrolysis) is 1. The van der Waals surface area contributed by atoms with Crippen LogP contribution < -0.4 is 5.32 Å². The maximum Gasteiger partial charge on any atom is 0.407 e. The SMILES string of the molecule is COC(=O)NCc1cccc2c1CCN(C(=O)Cc1c(Cl)cccc1Cl)C2C. The summed E-state index contributed by atoms with van der Waals surface area (Å²) in [5, 5.41) is 3.73. The van der Waals surface area contributed by atoms with Crippen molar-refractivity contribution in [2.45, 2.75) is 32.4 Å². The highest BCUT2D eigenvalue weighted by atomic mass is 35.5. The smallest absolute Gasteiger partial charge is 0.407 e. The van der Waals surface area contributed by atoms with Crippen LogP contribution in [-0.4, -0.2) is 30.6 Å². The monoisotopic (exact) mass is 420 g/mol. The largest absolute Gasteiger partial charge is 0.453 e. The molecule has 0 aromatic heterocycles. The van der Waals surface area contributed by atoms with Gasteiger partial charge in [-0.05, 0) is 47.7 Å². The lowest BCUT2D eigenvalue weighted by atomic mass is 9.89. The Morgan fingerprint density at radius 1 is 1.18 bits per heavy atom. The maximum atomic E-state index is 13.0. The Kier molecular flexibility index (Phi) is 6.47. The van der Waals surface area contributed by atoms with E-state index in [9.17, 15) is 9.59 Å². The van der Waals surface area contributed by atoms with Gasteiger partial charge in [0.25, 0.3) is 0 Å². The summed E-state index contributed by atoms with van der Waals surface area (Å²) in [5.74, 6) is -0.00811. The van der Waals surface area contributed by atoms with Crippen molar-refractivity contribution in [3.63, 3.8) is 0 Å². The Morgan fingerprint density at radius 3 is 2.54 bits per heavy atom. The molecule has 0 spiro atoms. The number of carbonyl (C=O) groups excluding carboxylic acids is 2. The molecule has 7 heteroatoms. The summed E-state index contributed by atoms with van der Waals surface area (Å²) in [6, 6.07) is 11.1. The van der Waals surface area contributed by atoms with Crippen LogP contribution in [0.1, 0.15) is 35.2 Å². The van der Waals surface area contributed by atoms with Gasteiger partial charge in [0.2, 0.25) is 5.91 Å². The number of ether oxygens (including phenoxy) is 1. The van der Waals surface area contributed by atoms with Crippen LogP contribution in [0, 0.1) is 0 Å². The van der Waals surface area contributed by atoms with Gasteiger partial charge in [-0.3, -0.25) is 4.79 Å². The summed E-state index contributed by atoms with van der Waals surface area (Å²) in [6.07, 6.45) is 0.428. The molecule has 2 aromatic carbocycles. The Labute approximate surface area is 174 Å². The van der Waals surface area contributed by atoms with Crippen molar-refractivity contribution in [3.05, 3.63) is 68.7 Å². The first-order valence-electron chi connectivity index (χ1n) is 9.07. The van der Waals surface area contributed by atoms with Crippen molar-refractivity contribution in [1.29, 1.82) is 0 Å². The first kappa shape index (κ1) is 20.5.